The standard InChI is InChI=1S/C12H20N2O2/c13-10(7-1-2-7)6-14-12(15)9-5-8-3-4-11(9)16-8/h7-11H,1-6,13H2,(H,14,15). The SMILES string of the molecule is NC(CNC(=O)C1CC2CCC1O2)C1CC1. The van der Waals surface area contributed by atoms with E-state index in [-0.39, 0.29) is 24.0 Å². The average Bonchev–Trinajstić information content (AvgIpc) is 2.94. The molecule has 3 aliphatic rings. The van der Waals surface area contributed by atoms with Gasteiger partial charge in [-0.3, -0.25) is 4.79 Å². The Labute approximate surface area is 95.9 Å². The van der Waals surface area contributed by atoms with Gasteiger partial charge >= 0.3 is 0 Å². The molecule has 2 saturated heterocycles. The van der Waals surface area contributed by atoms with Crippen molar-refractivity contribution in [3.63, 3.8) is 0 Å². The molecule has 3 fully saturated rings. The fourth-order valence-electron chi connectivity index (χ4n) is 2.95. The maximum absolute atomic E-state index is 11.9. The number of ether oxygens (including phenoxy) is 1. The Hall–Kier alpha value is -0.610. The molecule has 1 saturated carbocycles. The van der Waals surface area contributed by atoms with E-state index in [9.17, 15) is 4.79 Å². The zero-order valence-corrected chi connectivity index (χ0v) is 9.52. The van der Waals surface area contributed by atoms with Crippen LogP contribution >= 0.6 is 0 Å². The average molecular weight is 224 g/mol. The lowest BCUT2D eigenvalue weighted by atomic mass is 9.88. The summed E-state index contributed by atoms with van der Waals surface area (Å²) in [5.74, 6) is 0.894. The smallest absolute Gasteiger partial charge is 0.225 e. The highest BCUT2D eigenvalue weighted by atomic mass is 16.5. The maximum atomic E-state index is 11.9. The Kier molecular flexibility index (Phi) is 2.64. The minimum atomic E-state index is 0.0881. The molecule has 4 nitrogen and oxygen atoms in total. The number of hydrogen-bond acceptors (Lipinski definition) is 3. The van der Waals surface area contributed by atoms with Crippen LogP contribution in [-0.4, -0.2) is 30.7 Å². The van der Waals surface area contributed by atoms with Crippen LogP contribution in [0.5, 0.6) is 0 Å². The van der Waals surface area contributed by atoms with Gasteiger partial charge in [-0.25, -0.2) is 0 Å². The lowest BCUT2D eigenvalue weighted by molar-refractivity contribution is -0.126. The number of fused-ring (bicyclic) bond motifs is 2. The van der Waals surface area contributed by atoms with Crippen molar-refractivity contribution in [2.24, 2.45) is 17.6 Å². The minimum Gasteiger partial charge on any atom is -0.374 e. The first kappa shape index (κ1) is 10.5. The van der Waals surface area contributed by atoms with Crippen LogP contribution in [0.2, 0.25) is 0 Å². The molecule has 4 atom stereocenters. The summed E-state index contributed by atoms with van der Waals surface area (Å²) in [7, 11) is 0. The lowest BCUT2D eigenvalue weighted by Gasteiger charge is -2.19. The summed E-state index contributed by atoms with van der Waals surface area (Å²) < 4.78 is 5.68. The van der Waals surface area contributed by atoms with Crippen LogP contribution in [0.25, 0.3) is 0 Å². The molecule has 90 valence electrons. The zero-order valence-electron chi connectivity index (χ0n) is 9.52. The topological polar surface area (TPSA) is 64.3 Å². The van der Waals surface area contributed by atoms with Crippen LogP contribution in [0.15, 0.2) is 0 Å². The summed E-state index contributed by atoms with van der Waals surface area (Å²) in [6.45, 7) is 0.636. The molecule has 3 rings (SSSR count). The largest absolute Gasteiger partial charge is 0.374 e. The summed E-state index contributed by atoms with van der Waals surface area (Å²) in [5, 5.41) is 2.99. The summed E-state index contributed by atoms with van der Waals surface area (Å²) in [5.41, 5.74) is 5.96. The fraction of sp³-hybridized carbons (Fsp3) is 0.917. The van der Waals surface area contributed by atoms with Crippen LogP contribution in [0, 0.1) is 11.8 Å². The number of hydrogen-bond donors (Lipinski definition) is 2. The number of amides is 1. The van der Waals surface area contributed by atoms with Crippen molar-refractivity contribution in [2.75, 3.05) is 6.54 Å². The maximum Gasteiger partial charge on any atom is 0.225 e. The van der Waals surface area contributed by atoms with Crippen molar-refractivity contribution < 1.29 is 9.53 Å². The van der Waals surface area contributed by atoms with Crippen LogP contribution < -0.4 is 11.1 Å². The molecule has 1 amide bonds. The Balaban J connectivity index is 1.46. The molecule has 4 heteroatoms. The molecule has 0 radical (unpaired) electrons. The normalized spacial score (nSPS) is 38.7. The van der Waals surface area contributed by atoms with E-state index in [0.717, 1.165) is 19.3 Å². The Morgan fingerprint density at radius 2 is 2.19 bits per heavy atom. The molecule has 2 bridgehead atoms. The van der Waals surface area contributed by atoms with Crippen molar-refractivity contribution in [2.45, 2.75) is 50.4 Å². The van der Waals surface area contributed by atoms with Crippen LogP contribution in [0.4, 0.5) is 0 Å². The van der Waals surface area contributed by atoms with Gasteiger partial charge in [0.2, 0.25) is 5.91 Å². The first-order valence-electron chi connectivity index (χ1n) is 6.43. The second-order valence-electron chi connectivity index (χ2n) is 5.46. The van der Waals surface area contributed by atoms with E-state index in [1.54, 1.807) is 0 Å². The monoisotopic (exact) mass is 224 g/mol. The molecule has 0 aromatic rings. The van der Waals surface area contributed by atoms with E-state index in [2.05, 4.69) is 5.32 Å². The Bertz CT molecular complexity index is 291. The van der Waals surface area contributed by atoms with Crippen molar-refractivity contribution in [3.8, 4) is 0 Å². The highest BCUT2D eigenvalue weighted by molar-refractivity contribution is 5.79. The third-order valence-electron chi connectivity index (χ3n) is 4.18. The molecule has 0 spiro atoms. The van der Waals surface area contributed by atoms with Gasteiger partial charge in [0.05, 0.1) is 18.1 Å². The Morgan fingerprint density at radius 3 is 2.75 bits per heavy atom. The third kappa shape index (κ3) is 1.96. The number of rotatable bonds is 4. The third-order valence-corrected chi connectivity index (χ3v) is 4.18. The summed E-state index contributed by atoms with van der Waals surface area (Å²) in [4.78, 5) is 11.9. The molecule has 1 aliphatic carbocycles. The summed E-state index contributed by atoms with van der Waals surface area (Å²) >= 11 is 0. The Morgan fingerprint density at radius 1 is 1.38 bits per heavy atom. The highest BCUT2D eigenvalue weighted by Gasteiger charge is 2.44. The highest BCUT2D eigenvalue weighted by Crippen LogP contribution is 2.38. The molecule has 3 N–H and O–H groups in total. The molecular formula is C12H20N2O2. The molecular weight excluding hydrogens is 204 g/mol. The van der Waals surface area contributed by atoms with Gasteiger partial charge in [-0.2, -0.15) is 0 Å². The summed E-state index contributed by atoms with van der Waals surface area (Å²) in [6, 6.07) is 0.156. The number of carbonyl (C=O) groups is 1. The van der Waals surface area contributed by atoms with Gasteiger partial charge in [0.1, 0.15) is 0 Å². The molecule has 2 heterocycles. The molecule has 0 aromatic heterocycles. The minimum absolute atomic E-state index is 0.0881. The predicted molar refractivity (Wildman–Crippen MR) is 59.7 cm³/mol. The summed E-state index contributed by atoms with van der Waals surface area (Å²) in [6.07, 6.45) is 6.09. The van der Waals surface area contributed by atoms with Crippen molar-refractivity contribution in [1.82, 2.24) is 5.32 Å². The quantitative estimate of drug-likeness (QED) is 0.727. The van der Waals surface area contributed by atoms with Gasteiger partial charge in [0, 0.05) is 12.6 Å². The van der Waals surface area contributed by atoms with E-state index in [0.29, 0.717) is 18.6 Å². The van der Waals surface area contributed by atoms with Crippen LogP contribution in [0.3, 0.4) is 0 Å². The van der Waals surface area contributed by atoms with Gasteiger partial charge in [0.15, 0.2) is 0 Å². The first-order valence-corrected chi connectivity index (χ1v) is 6.43. The van der Waals surface area contributed by atoms with Crippen molar-refractivity contribution in [1.29, 1.82) is 0 Å². The van der Waals surface area contributed by atoms with Gasteiger partial charge in [0.25, 0.3) is 0 Å². The molecule has 16 heavy (non-hydrogen) atoms. The van der Waals surface area contributed by atoms with Crippen molar-refractivity contribution in [3.05, 3.63) is 0 Å². The van der Waals surface area contributed by atoms with Gasteiger partial charge in [-0.15, -0.1) is 0 Å². The molecule has 2 aliphatic heterocycles. The second-order valence-corrected chi connectivity index (χ2v) is 5.46. The van der Waals surface area contributed by atoms with E-state index >= 15 is 0 Å². The van der Waals surface area contributed by atoms with E-state index in [1.165, 1.54) is 12.8 Å². The first-order chi connectivity index (χ1) is 7.74. The second kappa shape index (κ2) is 4.00. The number of nitrogens with two attached hydrogens (primary N) is 1. The van der Waals surface area contributed by atoms with E-state index in [4.69, 9.17) is 10.5 Å². The fourth-order valence-corrected chi connectivity index (χ4v) is 2.95. The van der Waals surface area contributed by atoms with E-state index < -0.39 is 0 Å². The van der Waals surface area contributed by atoms with Gasteiger partial charge < -0.3 is 15.8 Å². The van der Waals surface area contributed by atoms with E-state index in [1.807, 2.05) is 0 Å². The molecule has 0 aromatic carbocycles. The van der Waals surface area contributed by atoms with Crippen LogP contribution in [0.1, 0.15) is 32.1 Å². The van der Waals surface area contributed by atoms with Gasteiger partial charge in [-0.05, 0) is 38.0 Å². The zero-order chi connectivity index (χ0) is 11.1. The molecule has 4 unspecified atom stereocenters. The lowest BCUT2D eigenvalue weighted by Crippen LogP contribution is -2.43. The number of carbonyl (C=O) groups excluding carboxylic acids is 1. The predicted octanol–water partition coefficient (Wildman–Crippen LogP) is 0.407. The van der Waals surface area contributed by atoms with Crippen LogP contribution in [-0.2, 0) is 9.53 Å². The van der Waals surface area contributed by atoms with Crippen molar-refractivity contribution >= 4 is 5.91 Å². The van der Waals surface area contributed by atoms with Gasteiger partial charge in [-0.1, -0.05) is 0 Å². The number of nitrogens with one attached hydrogen (secondary N) is 1.